The van der Waals surface area contributed by atoms with E-state index in [0.29, 0.717) is 42.4 Å². The number of hydrogen-bond acceptors (Lipinski definition) is 7. The number of allylic oxidation sites excluding steroid dienone is 1. The van der Waals surface area contributed by atoms with Gasteiger partial charge in [-0.3, -0.25) is 4.79 Å². The first-order valence-corrected chi connectivity index (χ1v) is 10.7. The second-order valence-electron chi connectivity index (χ2n) is 7.53. The number of methoxy groups -OCH3 is 2. The van der Waals surface area contributed by atoms with Crippen LogP contribution in [0.25, 0.3) is 16.8 Å². The third-order valence-corrected chi connectivity index (χ3v) is 5.45. The third kappa shape index (κ3) is 5.17. The first-order chi connectivity index (χ1) is 16.1. The molecule has 3 aromatic rings. The van der Waals surface area contributed by atoms with E-state index in [1.165, 1.54) is 6.08 Å². The Morgan fingerprint density at radius 3 is 2.55 bits per heavy atom. The maximum Gasteiger partial charge on any atom is 0.185 e. The molecule has 0 spiro atoms. The number of aliphatic hydroxyl groups excluding tert-OH is 1. The Labute approximate surface area is 192 Å². The summed E-state index contributed by atoms with van der Waals surface area (Å²) in [6.45, 7) is 1.55. The number of ether oxygens (including phenoxy) is 4. The predicted octanol–water partition coefficient (Wildman–Crippen LogP) is 4.20. The molecule has 0 radical (unpaired) electrons. The molecule has 7 heteroatoms. The summed E-state index contributed by atoms with van der Waals surface area (Å²) in [6.07, 6.45) is 2.71. The highest BCUT2D eigenvalue weighted by molar-refractivity contribution is 6.09. The summed E-state index contributed by atoms with van der Waals surface area (Å²) >= 11 is 0. The fraction of sp³-hybridized carbons (Fsp3) is 0.269. The quantitative estimate of drug-likeness (QED) is 0.374. The number of nitrogens with one attached hydrogen (secondary N) is 1. The van der Waals surface area contributed by atoms with E-state index < -0.39 is 6.29 Å². The molecule has 0 aromatic heterocycles. The number of hydrogen-bond donors (Lipinski definition) is 2. The summed E-state index contributed by atoms with van der Waals surface area (Å²) in [5.41, 5.74) is 2.95. The zero-order valence-electron chi connectivity index (χ0n) is 18.7. The molecule has 1 fully saturated rings. The maximum atomic E-state index is 13.0. The number of anilines is 1. The van der Waals surface area contributed by atoms with Crippen LogP contribution in [0.3, 0.4) is 0 Å². The normalized spacial score (nSPS) is 14.2. The molecule has 172 valence electrons. The maximum absolute atomic E-state index is 13.0. The van der Waals surface area contributed by atoms with Crippen LogP contribution in [0, 0.1) is 0 Å². The largest absolute Gasteiger partial charge is 0.497 e. The predicted molar refractivity (Wildman–Crippen MR) is 127 cm³/mol. The van der Waals surface area contributed by atoms with Crippen molar-refractivity contribution in [2.75, 3.05) is 45.9 Å². The van der Waals surface area contributed by atoms with E-state index in [1.807, 2.05) is 36.4 Å². The van der Waals surface area contributed by atoms with Gasteiger partial charge in [0.15, 0.2) is 12.1 Å². The van der Waals surface area contributed by atoms with Gasteiger partial charge in [0, 0.05) is 35.0 Å². The number of carbonyl (C=O) groups is 1. The van der Waals surface area contributed by atoms with E-state index in [9.17, 15) is 4.79 Å². The second kappa shape index (κ2) is 10.5. The molecule has 0 atom stereocenters. The van der Waals surface area contributed by atoms with Crippen molar-refractivity contribution in [2.45, 2.75) is 6.29 Å². The number of aliphatic hydroxyl groups is 1. The molecular formula is C26H27NO6. The molecule has 33 heavy (non-hydrogen) atoms. The van der Waals surface area contributed by atoms with Crippen molar-refractivity contribution in [1.82, 2.24) is 0 Å². The minimum absolute atomic E-state index is 0.0670. The lowest BCUT2D eigenvalue weighted by Gasteiger charge is -2.17. The lowest BCUT2D eigenvalue weighted by molar-refractivity contribution is -0.0444. The highest BCUT2D eigenvalue weighted by atomic mass is 16.7. The van der Waals surface area contributed by atoms with Gasteiger partial charge in [-0.15, -0.1) is 0 Å². The monoisotopic (exact) mass is 449 g/mol. The van der Waals surface area contributed by atoms with Gasteiger partial charge in [-0.05, 0) is 47.2 Å². The van der Waals surface area contributed by atoms with Crippen LogP contribution in [0.2, 0.25) is 0 Å². The van der Waals surface area contributed by atoms with Crippen molar-refractivity contribution in [2.24, 2.45) is 0 Å². The van der Waals surface area contributed by atoms with Crippen LogP contribution in [-0.2, 0) is 9.47 Å². The zero-order valence-corrected chi connectivity index (χ0v) is 18.7. The molecule has 3 aromatic carbocycles. The van der Waals surface area contributed by atoms with Gasteiger partial charge in [0.25, 0.3) is 0 Å². The molecule has 0 aliphatic carbocycles. The molecule has 7 nitrogen and oxygen atoms in total. The van der Waals surface area contributed by atoms with Crippen molar-refractivity contribution in [1.29, 1.82) is 0 Å². The van der Waals surface area contributed by atoms with Gasteiger partial charge in [0.2, 0.25) is 0 Å². The third-order valence-electron chi connectivity index (χ3n) is 5.45. The van der Waals surface area contributed by atoms with Crippen LogP contribution < -0.4 is 14.8 Å². The summed E-state index contributed by atoms with van der Waals surface area (Å²) in [5, 5.41) is 14.1. The lowest BCUT2D eigenvalue weighted by atomic mass is 10.0. The molecule has 1 aliphatic rings. The van der Waals surface area contributed by atoms with Crippen molar-refractivity contribution < 1.29 is 28.8 Å². The van der Waals surface area contributed by atoms with Gasteiger partial charge in [-0.1, -0.05) is 18.2 Å². The standard InChI is InChI=1S/C26H27NO6/c1-30-21-15-23(26-32-11-12-33-26)22(25(16-21)31-2)7-8-24(29)19-4-3-18-14-20(27-9-10-28)6-5-17(18)13-19/h3-8,13-16,26-28H,9-12H2,1-2H3/b8-7+. The van der Waals surface area contributed by atoms with Crippen LogP contribution in [0.4, 0.5) is 5.69 Å². The minimum atomic E-state index is -0.543. The summed E-state index contributed by atoms with van der Waals surface area (Å²) in [6, 6.07) is 15.1. The molecule has 4 rings (SSSR count). The summed E-state index contributed by atoms with van der Waals surface area (Å²) in [4.78, 5) is 13.0. The van der Waals surface area contributed by atoms with Gasteiger partial charge in [0.1, 0.15) is 11.5 Å². The molecule has 0 bridgehead atoms. The highest BCUT2D eigenvalue weighted by Crippen LogP contribution is 2.36. The van der Waals surface area contributed by atoms with Gasteiger partial charge in [0.05, 0.1) is 34.0 Å². The van der Waals surface area contributed by atoms with Crippen molar-refractivity contribution in [3.63, 3.8) is 0 Å². The molecule has 1 saturated heterocycles. The molecule has 0 amide bonds. The van der Waals surface area contributed by atoms with Crippen molar-refractivity contribution in [3.05, 3.63) is 71.3 Å². The first kappa shape index (κ1) is 22.8. The van der Waals surface area contributed by atoms with E-state index in [-0.39, 0.29) is 12.4 Å². The molecule has 1 aliphatic heterocycles. The van der Waals surface area contributed by atoms with E-state index in [1.54, 1.807) is 32.4 Å². The molecule has 0 unspecified atom stereocenters. The Kier molecular flexibility index (Phi) is 7.24. The zero-order chi connectivity index (χ0) is 23.2. The van der Waals surface area contributed by atoms with E-state index in [4.69, 9.17) is 24.1 Å². The van der Waals surface area contributed by atoms with Crippen LogP contribution in [0.5, 0.6) is 11.5 Å². The van der Waals surface area contributed by atoms with E-state index in [2.05, 4.69) is 5.32 Å². The molecule has 1 heterocycles. The Bertz CT molecular complexity index is 1170. The highest BCUT2D eigenvalue weighted by Gasteiger charge is 2.24. The minimum Gasteiger partial charge on any atom is -0.497 e. The smallest absolute Gasteiger partial charge is 0.185 e. The van der Waals surface area contributed by atoms with Gasteiger partial charge >= 0.3 is 0 Å². The average Bonchev–Trinajstić information content (AvgIpc) is 3.40. The Morgan fingerprint density at radius 1 is 1.06 bits per heavy atom. The summed E-state index contributed by atoms with van der Waals surface area (Å²) in [5.74, 6) is 1.05. The lowest BCUT2D eigenvalue weighted by Crippen LogP contribution is -2.05. The first-order valence-electron chi connectivity index (χ1n) is 10.7. The Morgan fingerprint density at radius 2 is 1.82 bits per heavy atom. The molecule has 2 N–H and O–H groups in total. The van der Waals surface area contributed by atoms with Gasteiger partial charge < -0.3 is 29.4 Å². The van der Waals surface area contributed by atoms with Crippen LogP contribution in [0.15, 0.2) is 54.6 Å². The van der Waals surface area contributed by atoms with E-state index >= 15 is 0 Å². The van der Waals surface area contributed by atoms with Crippen LogP contribution in [-0.4, -0.2) is 51.5 Å². The summed E-state index contributed by atoms with van der Waals surface area (Å²) < 4.78 is 22.3. The van der Waals surface area contributed by atoms with Gasteiger partial charge in [-0.2, -0.15) is 0 Å². The fourth-order valence-electron chi connectivity index (χ4n) is 3.78. The number of rotatable bonds is 9. The molecular weight excluding hydrogens is 422 g/mol. The van der Waals surface area contributed by atoms with Crippen LogP contribution >= 0.6 is 0 Å². The number of benzene rings is 3. The molecule has 0 saturated carbocycles. The van der Waals surface area contributed by atoms with Crippen molar-refractivity contribution in [3.8, 4) is 11.5 Å². The fourth-order valence-corrected chi connectivity index (χ4v) is 3.78. The number of fused-ring (bicyclic) bond motifs is 1. The second-order valence-corrected chi connectivity index (χ2v) is 7.53. The Balaban J connectivity index is 1.62. The SMILES string of the molecule is COc1cc(OC)c(/C=C/C(=O)c2ccc3cc(NCCO)ccc3c2)c(C2OCCO2)c1. The summed E-state index contributed by atoms with van der Waals surface area (Å²) in [7, 11) is 3.15. The van der Waals surface area contributed by atoms with Crippen LogP contribution in [0.1, 0.15) is 27.8 Å². The Hall–Kier alpha value is -3.39. The topological polar surface area (TPSA) is 86.3 Å². The number of ketones is 1. The number of carbonyl (C=O) groups excluding carboxylic acids is 1. The average molecular weight is 450 g/mol. The van der Waals surface area contributed by atoms with E-state index in [0.717, 1.165) is 22.0 Å². The van der Waals surface area contributed by atoms with Crippen molar-refractivity contribution >= 4 is 28.3 Å². The van der Waals surface area contributed by atoms with Gasteiger partial charge in [-0.25, -0.2) is 0 Å².